The molecule has 0 atom stereocenters. The zero-order chi connectivity index (χ0) is 18.1. The minimum atomic E-state index is 0.622. The summed E-state index contributed by atoms with van der Waals surface area (Å²) in [7, 11) is 0. The van der Waals surface area contributed by atoms with Crippen LogP contribution in [-0.2, 0) is 12.8 Å². The number of carbonyl (C=O) groups is 1. The Kier molecular flexibility index (Phi) is 4.43. The molecule has 0 unspecified atom stereocenters. The molecular weight excluding hydrogens is 340 g/mol. The highest BCUT2D eigenvalue weighted by Crippen LogP contribution is 2.36. The summed E-state index contributed by atoms with van der Waals surface area (Å²) in [5, 5.41) is 0. The fourth-order valence-corrected chi connectivity index (χ4v) is 4.41. The molecule has 0 aliphatic rings. The van der Waals surface area contributed by atoms with E-state index in [1.165, 1.54) is 10.4 Å². The van der Waals surface area contributed by atoms with Gasteiger partial charge in [-0.25, -0.2) is 4.98 Å². The molecule has 0 fully saturated rings. The van der Waals surface area contributed by atoms with Gasteiger partial charge in [0.05, 0.1) is 5.69 Å². The molecule has 2 aromatic carbocycles. The molecule has 4 rings (SSSR count). The number of fused-ring (bicyclic) bond motifs is 1. The number of aryl methyl sites for hydroxylation is 2. The Morgan fingerprint density at radius 3 is 2.31 bits per heavy atom. The lowest BCUT2D eigenvalue weighted by Gasteiger charge is -2.07. The van der Waals surface area contributed by atoms with Gasteiger partial charge in [-0.2, -0.15) is 0 Å². The average molecular weight is 360 g/mol. The summed E-state index contributed by atoms with van der Waals surface area (Å²) < 4.78 is 2.03. The van der Waals surface area contributed by atoms with Gasteiger partial charge in [0, 0.05) is 10.4 Å². The first-order valence-electron chi connectivity index (χ1n) is 8.90. The van der Waals surface area contributed by atoms with E-state index in [1.807, 2.05) is 34.7 Å². The van der Waals surface area contributed by atoms with Gasteiger partial charge in [-0.1, -0.05) is 68.4 Å². The van der Waals surface area contributed by atoms with E-state index in [1.54, 1.807) is 11.3 Å². The van der Waals surface area contributed by atoms with Crippen molar-refractivity contribution >= 4 is 22.6 Å². The molecule has 2 heterocycles. The maximum atomic E-state index is 12.0. The molecular formula is C22H20N2OS. The Bertz CT molecular complexity index is 1060. The third-order valence-electron chi connectivity index (χ3n) is 4.70. The Hall–Kier alpha value is -2.72. The Labute approximate surface area is 157 Å². The highest BCUT2D eigenvalue weighted by molar-refractivity contribution is 7.17. The van der Waals surface area contributed by atoms with Gasteiger partial charge in [-0.3, -0.25) is 9.20 Å². The fourth-order valence-electron chi connectivity index (χ4n) is 3.32. The van der Waals surface area contributed by atoms with E-state index in [9.17, 15) is 4.79 Å². The molecule has 0 bridgehead atoms. The Balaban J connectivity index is 1.99. The van der Waals surface area contributed by atoms with Gasteiger partial charge in [0.15, 0.2) is 11.2 Å². The predicted octanol–water partition coefficient (Wildman–Crippen LogP) is 5.67. The Morgan fingerprint density at radius 2 is 1.69 bits per heavy atom. The van der Waals surface area contributed by atoms with Crippen molar-refractivity contribution in [2.75, 3.05) is 0 Å². The van der Waals surface area contributed by atoms with Gasteiger partial charge >= 0.3 is 0 Å². The maximum Gasteiger partial charge on any atom is 0.195 e. The first-order chi connectivity index (χ1) is 12.8. The van der Waals surface area contributed by atoms with Gasteiger partial charge < -0.3 is 0 Å². The molecule has 0 saturated heterocycles. The van der Waals surface area contributed by atoms with E-state index in [0.29, 0.717) is 5.69 Å². The Morgan fingerprint density at radius 1 is 0.962 bits per heavy atom. The molecule has 0 amide bonds. The van der Waals surface area contributed by atoms with Gasteiger partial charge in [0.25, 0.3) is 0 Å². The summed E-state index contributed by atoms with van der Waals surface area (Å²) in [5.74, 6) is 0. The summed E-state index contributed by atoms with van der Waals surface area (Å²) >= 11 is 1.67. The molecule has 26 heavy (non-hydrogen) atoms. The second-order valence-electron chi connectivity index (χ2n) is 6.23. The summed E-state index contributed by atoms with van der Waals surface area (Å²) in [4.78, 5) is 18.9. The SMILES string of the molecule is CCc1ccc(-c2c(CC)sc3nc(-c4ccccc4)c(C=O)n23)cc1. The molecule has 0 N–H and O–H groups in total. The van der Waals surface area contributed by atoms with Crippen molar-refractivity contribution in [1.82, 2.24) is 9.38 Å². The van der Waals surface area contributed by atoms with E-state index in [0.717, 1.165) is 46.6 Å². The van der Waals surface area contributed by atoms with Crippen LogP contribution in [0.3, 0.4) is 0 Å². The highest BCUT2D eigenvalue weighted by Gasteiger charge is 2.21. The van der Waals surface area contributed by atoms with Crippen LogP contribution >= 0.6 is 11.3 Å². The third-order valence-corrected chi connectivity index (χ3v) is 5.88. The summed E-state index contributed by atoms with van der Waals surface area (Å²) in [6.45, 7) is 4.30. The summed E-state index contributed by atoms with van der Waals surface area (Å²) in [6, 6.07) is 18.5. The van der Waals surface area contributed by atoms with Crippen molar-refractivity contribution in [2.45, 2.75) is 26.7 Å². The molecule has 2 aromatic heterocycles. The number of hydrogen-bond acceptors (Lipinski definition) is 3. The maximum absolute atomic E-state index is 12.0. The van der Waals surface area contributed by atoms with Gasteiger partial charge in [-0.15, -0.1) is 11.3 Å². The number of carbonyl (C=O) groups excluding carboxylic acids is 1. The van der Waals surface area contributed by atoms with Crippen molar-refractivity contribution in [1.29, 1.82) is 0 Å². The minimum Gasteiger partial charge on any atom is -0.296 e. The van der Waals surface area contributed by atoms with Crippen molar-refractivity contribution in [3.63, 3.8) is 0 Å². The minimum absolute atomic E-state index is 0.622. The second kappa shape index (κ2) is 6.89. The van der Waals surface area contributed by atoms with Crippen LogP contribution in [0.5, 0.6) is 0 Å². The molecule has 0 aliphatic heterocycles. The average Bonchev–Trinajstić information content (AvgIpc) is 3.24. The van der Waals surface area contributed by atoms with E-state index in [4.69, 9.17) is 4.98 Å². The first kappa shape index (κ1) is 16.7. The van der Waals surface area contributed by atoms with E-state index < -0.39 is 0 Å². The molecule has 3 nitrogen and oxygen atoms in total. The van der Waals surface area contributed by atoms with Crippen molar-refractivity contribution in [3.8, 4) is 22.5 Å². The first-order valence-corrected chi connectivity index (χ1v) is 9.72. The molecule has 0 saturated carbocycles. The van der Waals surface area contributed by atoms with Crippen molar-refractivity contribution in [3.05, 3.63) is 70.7 Å². The zero-order valence-electron chi connectivity index (χ0n) is 14.9. The van der Waals surface area contributed by atoms with Crippen LogP contribution in [0.2, 0.25) is 0 Å². The van der Waals surface area contributed by atoms with Crippen LogP contribution in [0.15, 0.2) is 54.6 Å². The number of nitrogens with zero attached hydrogens (tertiary/aromatic N) is 2. The van der Waals surface area contributed by atoms with Crippen molar-refractivity contribution in [2.24, 2.45) is 0 Å². The monoisotopic (exact) mass is 360 g/mol. The second-order valence-corrected chi connectivity index (χ2v) is 7.29. The molecule has 0 aliphatic carbocycles. The number of thiazole rings is 1. The van der Waals surface area contributed by atoms with Gasteiger partial charge in [0.2, 0.25) is 0 Å². The number of hydrogen-bond donors (Lipinski definition) is 0. The van der Waals surface area contributed by atoms with E-state index in [-0.39, 0.29) is 0 Å². The largest absolute Gasteiger partial charge is 0.296 e. The van der Waals surface area contributed by atoms with Crippen molar-refractivity contribution < 1.29 is 4.79 Å². The van der Waals surface area contributed by atoms with Gasteiger partial charge in [-0.05, 0) is 24.0 Å². The normalized spacial score (nSPS) is 11.2. The molecule has 0 radical (unpaired) electrons. The lowest BCUT2D eigenvalue weighted by Crippen LogP contribution is -1.96. The van der Waals surface area contributed by atoms with Crippen LogP contribution in [0.4, 0.5) is 0 Å². The standard InChI is InChI=1S/C22H20N2OS/c1-3-15-10-12-17(13-11-15)21-19(4-2)26-22-23-20(18(14-25)24(21)22)16-8-6-5-7-9-16/h5-14H,3-4H2,1-2H3. The van der Waals surface area contributed by atoms with Crippen LogP contribution in [0, 0.1) is 0 Å². The summed E-state index contributed by atoms with van der Waals surface area (Å²) in [5.41, 5.74) is 5.87. The van der Waals surface area contributed by atoms with E-state index >= 15 is 0 Å². The molecule has 4 aromatic rings. The molecule has 0 spiro atoms. The topological polar surface area (TPSA) is 34.4 Å². The quantitative estimate of drug-likeness (QED) is 0.430. The smallest absolute Gasteiger partial charge is 0.195 e. The predicted molar refractivity (Wildman–Crippen MR) is 108 cm³/mol. The van der Waals surface area contributed by atoms with E-state index in [2.05, 4.69) is 38.1 Å². The van der Waals surface area contributed by atoms with Crippen LogP contribution in [0.1, 0.15) is 34.8 Å². The lowest BCUT2D eigenvalue weighted by molar-refractivity contribution is 0.111. The van der Waals surface area contributed by atoms with Crippen LogP contribution < -0.4 is 0 Å². The number of rotatable bonds is 5. The number of aromatic nitrogens is 2. The third kappa shape index (κ3) is 2.67. The summed E-state index contributed by atoms with van der Waals surface area (Å²) in [6.07, 6.45) is 2.86. The highest BCUT2D eigenvalue weighted by atomic mass is 32.1. The van der Waals surface area contributed by atoms with Crippen LogP contribution in [-0.4, -0.2) is 15.7 Å². The fraction of sp³-hybridized carbons (Fsp3) is 0.182. The molecule has 130 valence electrons. The zero-order valence-corrected chi connectivity index (χ0v) is 15.7. The number of benzene rings is 2. The lowest BCUT2D eigenvalue weighted by atomic mass is 10.1. The van der Waals surface area contributed by atoms with Crippen LogP contribution in [0.25, 0.3) is 27.5 Å². The number of aldehydes is 1. The number of imidazole rings is 1. The molecule has 4 heteroatoms. The van der Waals surface area contributed by atoms with Gasteiger partial charge in [0.1, 0.15) is 11.4 Å².